The van der Waals surface area contributed by atoms with Gasteiger partial charge in [-0.15, -0.1) is 0 Å². The molecular formula is C24H29ClN6O2. The average molecular weight is 469 g/mol. The molecule has 3 fully saturated rings. The number of hydrogen-bond donors (Lipinski definition) is 2. The van der Waals surface area contributed by atoms with Gasteiger partial charge in [-0.1, -0.05) is 11.6 Å². The quantitative estimate of drug-likeness (QED) is 0.591. The molecule has 33 heavy (non-hydrogen) atoms. The van der Waals surface area contributed by atoms with E-state index in [1.807, 2.05) is 24.0 Å². The molecule has 1 saturated carbocycles. The minimum absolute atomic E-state index is 0.117. The predicted molar refractivity (Wildman–Crippen MR) is 127 cm³/mol. The Hall–Kier alpha value is -2.26. The molecular weight excluding hydrogens is 440 g/mol. The van der Waals surface area contributed by atoms with Crippen LogP contribution < -0.4 is 5.32 Å². The first-order valence-corrected chi connectivity index (χ1v) is 12.2. The molecule has 3 aliphatic rings. The average Bonchev–Trinajstić information content (AvgIpc) is 3.48. The third kappa shape index (κ3) is 4.21. The highest BCUT2D eigenvalue weighted by Crippen LogP contribution is 2.40. The maximum Gasteiger partial charge on any atom is 0.228 e. The summed E-state index contributed by atoms with van der Waals surface area (Å²) in [6.07, 6.45) is 5.89. The summed E-state index contributed by atoms with van der Waals surface area (Å²) in [5.74, 6) is 2.44. The van der Waals surface area contributed by atoms with Crippen molar-refractivity contribution in [1.29, 1.82) is 0 Å². The number of nitrogens with zero attached hydrogens (tertiary/aromatic N) is 5. The first-order chi connectivity index (χ1) is 16.0. The number of piperidine rings is 1. The number of aliphatic hydroxyl groups is 1. The van der Waals surface area contributed by atoms with Crippen LogP contribution in [0.4, 0.5) is 11.8 Å². The minimum Gasteiger partial charge on any atom is -0.389 e. The molecule has 0 amide bonds. The summed E-state index contributed by atoms with van der Waals surface area (Å²) in [5, 5.41) is 19.8. The largest absolute Gasteiger partial charge is 0.389 e. The highest BCUT2D eigenvalue weighted by atomic mass is 35.5. The number of aromatic nitrogens is 4. The highest BCUT2D eigenvalue weighted by molar-refractivity contribution is 6.32. The smallest absolute Gasteiger partial charge is 0.228 e. The van der Waals surface area contributed by atoms with Gasteiger partial charge >= 0.3 is 0 Å². The molecule has 0 unspecified atom stereocenters. The number of rotatable bonds is 5. The number of ether oxygens (including phenoxy) is 1. The molecule has 2 aromatic heterocycles. The van der Waals surface area contributed by atoms with Crippen LogP contribution in [0.25, 0.3) is 10.9 Å². The zero-order valence-corrected chi connectivity index (χ0v) is 19.5. The number of halogens is 1. The molecule has 4 heterocycles. The van der Waals surface area contributed by atoms with Gasteiger partial charge in [0.25, 0.3) is 0 Å². The van der Waals surface area contributed by atoms with E-state index < -0.39 is 0 Å². The molecule has 6 rings (SSSR count). The summed E-state index contributed by atoms with van der Waals surface area (Å²) in [5.41, 5.74) is 3.17. The van der Waals surface area contributed by atoms with Gasteiger partial charge in [0.2, 0.25) is 5.95 Å². The van der Waals surface area contributed by atoms with Crippen molar-refractivity contribution in [3.63, 3.8) is 0 Å². The second-order valence-corrected chi connectivity index (χ2v) is 9.99. The third-order valence-electron chi connectivity index (χ3n) is 7.29. The molecule has 0 radical (unpaired) electrons. The Labute approximate surface area is 197 Å². The van der Waals surface area contributed by atoms with Crippen LogP contribution in [0, 0.1) is 0 Å². The second kappa shape index (κ2) is 8.51. The van der Waals surface area contributed by atoms with Gasteiger partial charge in [0.1, 0.15) is 5.82 Å². The van der Waals surface area contributed by atoms with E-state index in [4.69, 9.17) is 21.3 Å². The van der Waals surface area contributed by atoms with E-state index in [2.05, 4.69) is 32.4 Å². The molecule has 8 nitrogen and oxygen atoms in total. The van der Waals surface area contributed by atoms with Crippen LogP contribution in [-0.4, -0.2) is 68.2 Å². The topological polar surface area (TPSA) is 88.3 Å². The molecule has 2 N–H and O–H groups in total. The van der Waals surface area contributed by atoms with Crippen LogP contribution in [0.3, 0.4) is 0 Å². The maximum atomic E-state index is 10.2. The van der Waals surface area contributed by atoms with Crippen LogP contribution >= 0.6 is 11.6 Å². The molecule has 2 aliphatic heterocycles. The lowest BCUT2D eigenvalue weighted by molar-refractivity contribution is 0.0663. The standard InChI is InChI=1S/C24H29ClN6O2/c1-30-23(10-20(29-30)15-2-3-15)28-24-26-11-16-8-18(25)17(9-19(16)27-24)14-4-6-31(7-5-14)21-12-33-13-22(21)32/h8-11,14-15,21-22,32H,2-7,12-13H2,1H3,(H,26,27,28)/t21-,22+/m0/s1. The Morgan fingerprint density at radius 2 is 1.91 bits per heavy atom. The Balaban J connectivity index is 1.20. The fraction of sp³-hybridized carbons (Fsp3) is 0.542. The van der Waals surface area contributed by atoms with Gasteiger partial charge in [0, 0.05) is 35.6 Å². The maximum absolute atomic E-state index is 10.2. The van der Waals surface area contributed by atoms with E-state index in [9.17, 15) is 5.11 Å². The Bertz CT molecular complexity index is 1170. The number of nitrogens with one attached hydrogen (secondary N) is 1. The lowest BCUT2D eigenvalue weighted by atomic mass is 9.88. The van der Waals surface area contributed by atoms with Crippen molar-refractivity contribution in [2.45, 2.75) is 49.7 Å². The van der Waals surface area contributed by atoms with Gasteiger partial charge in [0.15, 0.2) is 0 Å². The van der Waals surface area contributed by atoms with Crippen molar-refractivity contribution >= 4 is 34.3 Å². The van der Waals surface area contributed by atoms with E-state index in [-0.39, 0.29) is 12.1 Å². The normalized spacial score (nSPS) is 24.6. The lowest BCUT2D eigenvalue weighted by Gasteiger charge is -2.36. The van der Waals surface area contributed by atoms with Crippen molar-refractivity contribution in [3.05, 3.63) is 40.7 Å². The molecule has 174 valence electrons. The van der Waals surface area contributed by atoms with Crippen molar-refractivity contribution in [2.24, 2.45) is 7.05 Å². The summed E-state index contributed by atoms with van der Waals surface area (Å²) in [6.45, 7) is 2.93. The van der Waals surface area contributed by atoms with E-state index in [1.165, 1.54) is 12.8 Å². The SMILES string of the molecule is Cn1nc(C2CC2)cc1Nc1ncc2cc(Cl)c(C3CCN([C@H]4COC[C@H]4O)CC3)cc2n1. The fourth-order valence-electron chi connectivity index (χ4n) is 5.16. The van der Waals surface area contributed by atoms with E-state index in [1.54, 1.807) is 0 Å². The van der Waals surface area contributed by atoms with Crippen molar-refractivity contribution in [2.75, 3.05) is 31.6 Å². The van der Waals surface area contributed by atoms with Crippen molar-refractivity contribution in [1.82, 2.24) is 24.6 Å². The van der Waals surface area contributed by atoms with E-state index >= 15 is 0 Å². The van der Waals surface area contributed by atoms with Crippen LogP contribution in [0.1, 0.15) is 48.8 Å². The molecule has 1 aliphatic carbocycles. The number of fused-ring (bicyclic) bond motifs is 1. The summed E-state index contributed by atoms with van der Waals surface area (Å²) < 4.78 is 7.30. The molecule has 2 atom stereocenters. The van der Waals surface area contributed by atoms with Crippen LogP contribution in [0.15, 0.2) is 24.4 Å². The van der Waals surface area contributed by atoms with Gasteiger partial charge in [-0.3, -0.25) is 9.58 Å². The minimum atomic E-state index is -0.381. The van der Waals surface area contributed by atoms with Crippen molar-refractivity contribution < 1.29 is 9.84 Å². The summed E-state index contributed by atoms with van der Waals surface area (Å²) in [7, 11) is 1.94. The Kier molecular flexibility index (Phi) is 5.49. The zero-order valence-electron chi connectivity index (χ0n) is 18.7. The van der Waals surface area contributed by atoms with E-state index in [0.29, 0.717) is 31.0 Å². The Morgan fingerprint density at radius 3 is 2.64 bits per heavy atom. The second-order valence-electron chi connectivity index (χ2n) is 9.59. The monoisotopic (exact) mass is 468 g/mol. The van der Waals surface area contributed by atoms with E-state index in [0.717, 1.165) is 58.9 Å². The highest BCUT2D eigenvalue weighted by Gasteiger charge is 2.34. The molecule has 2 saturated heterocycles. The van der Waals surface area contributed by atoms with Crippen molar-refractivity contribution in [3.8, 4) is 0 Å². The Morgan fingerprint density at radius 1 is 1.09 bits per heavy atom. The predicted octanol–water partition coefficient (Wildman–Crippen LogP) is 3.58. The number of aryl methyl sites for hydroxylation is 1. The summed E-state index contributed by atoms with van der Waals surface area (Å²) in [6, 6.07) is 6.31. The molecule has 0 bridgehead atoms. The van der Waals surface area contributed by atoms with Gasteiger partial charge in [-0.2, -0.15) is 5.10 Å². The van der Waals surface area contributed by atoms with Crippen LogP contribution in [-0.2, 0) is 11.8 Å². The van der Waals surface area contributed by atoms with Gasteiger partial charge in [-0.25, -0.2) is 9.97 Å². The molecule has 9 heteroatoms. The summed E-state index contributed by atoms with van der Waals surface area (Å²) in [4.78, 5) is 11.6. The van der Waals surface area contributed by atoms with Gasteiger partial charge in [-0.05, 0) is 62.4 Å². The molecule has 1 aromatic carbocycles. The first-order valence-electron chi connectivity index (χ1n) is 11.8. The number of aliphatic hydroxyl groups excluding tert-OH is 1. The lowest BCUT2D eigenvalue weighted by Crippen LogP contribution is -2.46. The van der Waals surface area contributed by atoms with Crippen LogP contribution in [0.2, 0.25) is 5.02 Å². The molecule has 0 spiro atoms. The zero-order chi connectivity index (χ0) is 22.5. The van der Waals surface area contributed by atoms with Gasteiger partial charge < -0.3 is 15.2 Å². The number of benzene rings is 1. The summed E-state index contributed by atoms with van der Waals surface area (Å²) >= 11 is 6.70. The van der Waals surface area contributed by atoms with Gasteiger partial charge in [0.05, 0.1) is 36.6 Å². The number of anilines is 2. The fourth-order valence-corrected chi connectivity index (χ4v) is 5.49. The van der Waals surface area contributed by atoms with Crippen LogP contribution in [0.5, 0.6) is 0 Å². The number of hydrogen-bond acceptors (Lipinski definition) is 7. The first kappa shape index (κ1) is 21.3. The number of likely N-dealkylation sites (tertiary alicyclic amines) is 1. The molecule has 3 aromatic rings. The third-order valence-corrected chi connectivity index (χ3v) is 7.62.